The quantitative estimate of drug-likeness (QED) is 0.106. The fourth-order valence-electron chi connectivity index (χ4n) is 5.25. The maximum absolute atomic E-state index is 5.35. The van der Waals surface area contributed by atoms with Crippen molar-refractivity contribution in [2.75, 3.05) is 104 Å². The van der Waals surface area contributed by atoms with Crippen LogP contribution in [-0.2, 0) is 47.4 Å². The Labute approximate surface area is 291 Å². The van der Waals surface area contributed by atoms with Crippen molar-refractivity contribution in [2.24, 2.45) is 11.8 Å². The second-order valence-corrected chi connectivity index (χ2v) is 12.5. The summed E-state index contributed by atoms with van der Waals surface area (Å²) in [7, 11) is 17.3. The first kappa shape index (κ1) is 51.0. The van der Waals surface area contributed by atoms with E-state index in [0.717, 1.165) is 64.4 Å². The molecular weight excluding hydrogens is 604 g/mol. The van der Waals surface area contributed by atoms with Crippen molar-refractivity contribution < 1.29 is 47.4 Å². The highest BCUT2D eigenvalue weighted by Gasteiger charge is 2.19. The highest BCUT2D eigenvalue weighted by Crippen LogP contribution is 2.22. The van der Waals surface area contributed by atoms with Crippen LogP contribution in [-0.4, -0.2) is 129 Å². The van der Waals surface area contributed by atoms with Gasteiger partial charge in [0.15, 0.2) is 0 Å². The van der Waals surface area contributed by atoms with Crippen molar-refractivity contribution in [1.82, 2.24) is 0 Å². The molecule has 0 bridgehead atoms. The molecule has 0 heterocycles. The summed E-state index contributed by atoms with van der Waals surface area (Å²) in [4.78, 5) is 0. The monoisotopic (exact) mass is 685 g/mol. The van der Waals surface area contributed by atoms with Gasteiger partial charge in [-0.15, -0.1) is 0 Å². The van der Waals surface area contributed by atoms with Gasteiger partial charge in [0.2, 0.25) is 0 Å². The van der Waals surface area contributed by atoms with E-state index < -0.39 is 0 Å². The Hall–Kier alpha value is -0.400. The van der Waals surface area contributed by atoms with Crippen molar-refractivity contribution in [3.8, 4) is 0 Å². The van der Waals surface area contributed by atoms with Gasteiger partial charge in [-0.3, -0.25) is 0 Å². The molecule has 10 heteroatoms. The molecule has 2 saturated carbocycles. The molecule has 0 aliphatic heterocycles. The van der Waals surface area contributed by atoms with Crippen LogP contribution in [0, 0.1) is 11.8 Å². The fourth-order valence-corrected chi connectivity index (χ4v) is 5.25. The van der Waals surface area contributed by atoms with Gasteiger partial charge in [-0.1, -0.05) is 13.8 Å². The maximum Gasteiger partial charge on any atom is 0.145 e. The van der Waals surface area contributed by atoms with Gasteiger partial charge in [0.25, 0.3) is 0 Å². The molecule has 0 saturated heterocycles. The van der Waals surface area contributed by atoms with Crippen LogP contribution >= 0.6 is 0 Å². The summed E-state index contributed by atoms with van der Waals surface area (Å²) in [6.45, 7) is 8.25. The first-order chi connectivity index (χ1) is 22.8. The molecule has 10 nitrogen and oxygen atoms in total. The molecule has 288 valence electrons. The van der Waals surface area contributed by atoms with E-state index in [1.165, 1.54) is 57.8 Å². The molecule has 2 rings (SSSR count). The lowest BCUT2D eigenvalue weighted by Gasteiger charge is -2.26. The van der Waals surface area contributed by atoms with E-state index in [1.807, 2.05) is 14.2 Å². The summed E-state index contributed by atoms with van der Waals surface area (Å²) in [5, 5.41) is 0. The van der Waals surface area contributed by atoms with Crippen LogP contribution in [0.5, 0.6) is 0 Å². The minimum absolute atomic E-state index is 0.389. The predicted octanol–water partition coefficient (Wildman–Crippen LogP) is 7.59. The van der Waals surface area contributed by atoms with Gasteiger partial charge in [-0.25, -0.2) is 0 Å². The van der Waals surface area contributed by atoms with Crippen molar-refractivity contribution in [1.29, 1.82) is 0 Å². The highest BCUT2D eigenvalue weighted by atomic mass is 16.6. The van der Waals surface area contributed by atoms with Gasteiger partial charge in [0, 0.05) is 97.5 Å². The predicted molar refractivity (Wildman–Crippen MR) is 193 cm³/mol. The van der Waals surface area contributed by atoms with Gasteiger partial charge in [-0.05, 0) is 102 Å². The molecule has 0 N–H and O–H groups in total. The van der Waals surface area contributed by atoms with E-state index >= 15 is 0 Å². The van der Waals surface area contributed by atoms with E-state index in [1.54, 1.807) is 56.9 Å². The molecule has 2 aliphatic carbocycles. The summed E-state index contributed by atoms with van der Waals surface area (Å²) in [5.41, 5.74) is 0. The van der Waals surface area contributed by atoms with Crippen LogP contribution in [0.2, 0.25) is 0 Å². The van der Waals surface area contributed by atoms with Gasteiger partial charge < -0.3 is 47.4 Å². The Morgan fingerprint density at radius 1 is 0.404 bits per heavy atom. The maximum atomic E-state index is 5.35. The number of hydrogen-bond acceptors (Lipinski definition) is 10. The summed E-state index contributed by atoms with van der Waals surface area (Å²) in [6, 6.07) is 0. The molecule has 47 heavy (non-hydrogen) atoms. The lowest BCUT2D eigenvalue weighted by Crippen LogP contribution is -2.24. The smallest absolute Gasteiger partial charge is 0.145 e. The molecule has 2 unspecified atom stereocenters. The summed E-state index contributed by atoms with van der Waals surface area (Å²) in [5.74, 6) is 1.39. The van der Waals surface area contributed by atoms with Crippen molar-refractivity contribution >= 4 is 0 Å². The van der Waals surface area contributed by atoms with Crippen molar-refractivity contribution in [3.63, 3.8) is 0 Å². The van der Waals surface area contributed by atoms with E-state index in [-0.39, 0.29) is 0 Å². The third-order valence-electron chi connectivity index (χ3n) is 8.42. The zero-order valence-electron chi connectivity index (χ0n) is 33.0. The molecule has 2 fully saturated rings. The Morgan fingerprint density at radius 3 is 1.06 bits per heavy atom. The Balaban J connectivity index is -0.000000527. The summed E-state index contributed by atoms with van der Waals surface area (Å²) < 4.78 is 49.9. The van der Waals surface area contributed by atoms with Crippen LogP contribution in [0.15, 0.2) is 0 Å². The molecule has 0 spiro atoms. The molecule has 0 aromatic rings. The highest BCUT2D eigenvalue weighted by molar-refractivity contribution is 4.72. The van der Waals surface area contributed by atoms with Crippen LogP contribution in [0.3, 0.4) is 0 Å². The first-order valence-corrected chi connectivity index (χ1v) is 17.8. The molecule has 0 radical (unpaired) electrons. The second kappa shape index (κ2) is 41.8. The lowest BCUT2D eigenvalue weighted by molar-refractivity contribution is -0.00272. The molecular formula is C37H80O10. The van der Waals surface area contributed by atoms with Crippen LogP contribution in [0.4, 0.5) is 0 Å². The van der Waals surface area contributed by atoms with Crippen LogP contribution in [0.1, 0.15) is 104 Å². The van der Waals surface area contributed by atoms with Gasteiger partial charge >= 0.3 is 0 Å². The van der Waals surface area contributed by atoms with Crippen molar-refractivity contribution in [2.45, 2.75) is 128 Å². The van der Waals surface area contributed by atoms with Gasteiger partial charge in [0.1, 0.15) is 6.79 Å². The number of ether oxygens (including phenoxy) is 10. The SMILES string of the molecule is COC1CCC(OC)CC1.COC1CCCC(OC)CCC1.COCCC(C)COC.COCCCC(C)CCOC.COCOC. The topological polar surface area (TPSA) is 92.3 Å². The average Bonchev–Trinajstić information content (AvgIpc) is 3.08. The molecule has 2 aliphatic rings. The largest absolute Gasteiger partial charge is 0.385 e. The molecule has 0 aromatic carbocycles. The second-order valence-electron chi connectivity index (χ2n) is 12.5. The van der Waals surface area contributed by atoms with E-state index in [0.29, 0.717) is 37.1 Å². The zero-order chi connectivity index (χ0) is 36.0. The lowest BCUT2D eigenvalue weighted by atomic mass is 9.95. The molecule has 2 atom stereocenters. The van der Waals surface area contributed by atoms with Gasteiger partial charge in [-0.2, -0.15) is 0 Å². The summed E-state index contributed by atoms with van der Waals surface area (Å²) in [6.07, 6.45) is 18.6. The molecule has 0 amide bonds. The Bertz CT molecular complexity index is 513. The minimum Gasteiger partial charge on any atom is -0.385 e. The third kappa shape index (κ3) is 38.3. The van der Waals surface area contributed by atoms with Gasteiger partial charge in [0.05, 0.1) is 24.4 Å². The standard InChI is InChI=1S/C10H20O2.C9H20O2.C8H16O2.C7H16O2.C3H8O2/c1-11-9-5-3-7-10(12-2)8-4-6-9;1-9(6-8-11-3)5-4-7-10-2;1-9-7-3-5-8(10-2)6-4-7;1-7(6-9-3)4-5-8-2;1-4-3-5-2/h9-10H,3-8H2,1-2H3;9H,4-8H2,1-3H3;7-8H,3-6H2,1-2H3;7H,4-6H2,1-3H3;3H2,1-2H3. The minimum atomic E-state index is 0.389. The third-order valence-corrected chi connectivity index (χ3v) is 8.42. The Kier molecular flexibility index (Phi) is 45.3. The molecule has 0 aromatic heterocycles. The first-order valence-electron chi connectivity index (χ1n) is 17.8. The van der Waals surface area contributed by atoms with Crippen LogP contribution < -0.4 is 0 Å². The van der Waals surface area contributed by atoms with E-state index in [4.69, 9.17) is 37.9 Å². The zero-order valence-corrected chi connectivity index (χ0v) is 33.0. The average molecular weight is 685 g/mol. The normalized spacial score (nSPS) is 22.2. The van der Waals surface area contributed by atoms with E-state index in [2.05, 4.69) is 23.3 Å². The number of hydrogen-bond donors (Lipinski definition) is 0. The van der Waals surface area contributed by atoms with Crippen LogP contribution in [0.25, 0.3) is 0 Å². The van der Waals surface area contributed by atoms with Crippen molar-refractivity contribution in [3.05, 3.63) is 0 Å². The Morgan fingerprint density at radius 2 is 0.766 bits per heavy atom. The fraction of sp³-hybridized carbons (Fsp3) is 1.00. The van der Waals surface area contributed by atoms with E-state index in [9.17, 15) is 0 Å². The number of methoxy groups -OCH3 is 10. The number of rotatable bonds is 18. The summed E-state index contributed by atoms with van der Waals surface area (Å²) >= 11 is 0.